The molecular formula is C19H20N4O2. The Kier molecular flexibility index (Phi) is 5.14. The monoisotopic (exact) mass is 336 g/mol. The number of carbonyl (C=O) groups excluding carboxylic acids is 1. The lowest BCUT2D eigenvalue weighted by atomic mass is 10.0. The molecule has 1 atom stereocenters. The minimum absolute atomic E-state index is 0.0831. The first-order chi connectivity index (χ1) is 12.1. The number of nitrogens with one attached hydrogen (secondary N) is 1. The second kappa shape index (κ2) is 7.67. The van der Waals surface area contributed by atoms with Crippen LogP contribution in [0.2, 0.25) is 0 Å². The number of anilines is 1. The van der Waals surface area contributed by atoms with E-state index in [2.05, 4.69) is 17.2 Å². The molecular weight excluding hydrogens is 316 g/mol. The standard InChI is InChI=1S/C19H20N4O2/c1-14-4-3-9-23(13-14)19(24)22-16-5-2-6-17(10-16)25-18-8-7-15(11-20)12-21-18/h2,5-8,10,12,14H,3-4,9,13H2,1H3,(H,22,24)/t14-/m1/s1. The van der Waals surface area contributed by atoms with Crippen molar-refractivity contribution in [3.05, 3.63) is 48.2 Å². The summed E-state index contributed by atoms with van der Waals surface area (Å²) < 4.78 is 5.68. The van der Waals surface area contributed by atoms with Crippen molar-refractivity contribution in [2.45, 2.75) is 19.8 Å². The van der Waals surface area contributed by atoms with E-state index in [1.54, 1.807) is 24.3 Å². The van der Waals surface area contributed by atoms with Crippen LogP contribution < -0.4 is 10.1 Å². The van der Waals surface area contributed by atoms with Crippen molar-refractivity contribution in [1.29, 1.82) is 5.26 Å². The van der Waals surface area contributed by atoms with Crippen molar-refractivity contribution >= 4 is 11.7 Å². The van der Waals surface area contributed by atoms with Crippen LogP contribution in [0.25, 0.3) is 0 Å². The second-order valence-corrected chi connectivity index (χ2v) is 6.25. The Morgan fingerprint density at radius 3 is 3.00 bits per heavy atom. The highest BCUT2D eigenvalue weighted by Gasteiger charge is 2.20. The Morgan fingerprint density at radius 1 is 1.40 bits per heavy atom. The Balaban J connectivity index is 1.64. The highest BCUT2D eigenvalue weighted by Crippen LogP contribution is 2.23. The molecule has 2 amide bonds. The van der Waals surface area contributed by atoms with Gasteiger partial charge in [0.15, 0.2) is 0 Å². The third-order valence-corrected chi connectivity index (χ3v) is 4.12. The molecule has 6 heteroatoms. The van der Waals surface area contributed by atoms with Crippen LogP contribution in [0.3, 0.4) is 0 Å². The number of piperidine rings is 1. The molecule has 0 radical (unpaired) electrons. The number of aromatic nitrogens is 1. The summed E-state index contributed by atoms with van der Waals surface area (Å²) in [6.07, 6.45) is 3.67. The first kappa shape index (κ1) is 16.8. The Hall–Kier alpha value is -3.07. The van der Waals surface area contributed by atoms with E-state index < -0.39 is 0 Å². The van der Waals surface area contributed by atoms with Gasteiger partial charge < -0.3 is 15.0 Å². The zero-order valence-corrected chi connectivity index (χ0v) is 14.1. The predicted molar refractivity (Wildman–Crippen MR) is 94.5 cm³/mol. The van der Waals surface area contributed by atoms with Crippen molar-refractivity contribution in [2.75, 3.05) is 18.4 Å². The third-order valence-electron chi connectivity index (χ3n) is 4.12. The van der Waals surface area contributed by atoms with Gasteiger partial charge in [-0.25, -0.2) is 9.78 Å². The van der Waals surface area contributed by atoms with Gasteiger partial charge in [0.25, 0.3) is 0 Å². The van der Waals surface area contributed by atoms with Gasteiger partial charge in [-0.3, -0.25) is 0 Å². The van der Waals surface area contributed by atoms with Crippen LogP contribution in [0.15, 0.2) is 42.6 Å². The van der Waals surface area contributed by atoms with Gasteiger partial charge in [0.1, 0.15) is 11.8 Å². The van der Waals surface area contributed by atoms with E-state index in [1.807, 2.05) is 23.1 Å². The fourth-order valence-electron chi connectivity index (χ4n) is 2.84. The lowest BCUT2D eigenvalue weighted by Crippen LogP contribution is -2.41. The van der Waals surface area contributed by atoms with Crippen LogP contribution in [0.5, 0.6) is 11.6 Å². The molecule has 0 saturated carbocycles. The molecule has 1 aliphatic rings. The van der Waals surface area contributed by atoms with Gasteiger partial charge in [-0.2, -0.15) is 5.26 Å². The predicted octanol–water partition coefficient (Wildman–Crippen LogP) is 4.01. The fraction of sp³-hybridized carbons (Fsp3) is 0.316. The summed E-state index contributed by atoms with van der Waals surface area (Å²) in [6.45, 7) is 3.75. The minimum atomic E-state index is -0.0831. The van der Waals surface area contributed by atoms with Gasteiger partial charge >= 0.3 is 6.03 Å². The van der Waals surface area contributed by atoms with Gasteiger partial charge in [-0.1, -0.05) is 13.0 Å². The van der Waals surface area contributed by atoms with E-state index >= 15 is 0 Å². The smallest absolute Gasteiger partial charge is 0.321 e. The zero-order valence-electron chi connectivity index (χ0n) is 14.1. The number of carbonyl (C=O) groups is 1. The van der Waals surface area contributed by atoms with Crippen molar-refractivity contribution in [2.24, 2.45) is 5.92 Å². The number of likely N-dealkylation sites (tertiary alicyclic amines) is 1. The second-order valence-electron chi connectivity index (χ2n) is 6.25. The van der Waals surface area contributed by atoms with Crippen LogP contribution in [0, 0.1) is 17.2 Å². The van der Waals surface area contributed by atoms with E-state index in [0.717, 1.165) is 19.5 Å². The molecule has 1 fully saturated rings. The quantitative estimate of drug-likeness (QED) is 0.918. The largest absolute Gasteiger partial charge is 0.439 e. The molecule has 3 rings (SSSR count). The number of ether oxygens (including phenoxy) is 1. The Bertz CT molecular complexity index is 783. The molecule has 25 heavy (non-hydrogen) atoms. The van der Waals surface area contributed by atoms with E-state index in [4.69, 9.17) is 10.00 Å². The van der Waals surface area contributed by atoms with Crippen molar-refractivity contribution in [3.8, 4) is 17.7 Å². The minimum Gasteiger partial charge on any atom is -0.439 e. The normalized spacial score (nSPS) is 16.8. The SMILES string of the molecule is C[C@@H]1CCCN(C(=O)Nc2cccc(Oc3ccc(C#N)cn3)c2)C1. The molecule has 1 saturated heterocycles. The number of urea groups is 1. The summed E-state index contributed by atoms with van der Waals surface area (Å²) in [4.78, 5) is 18.3. The highest BCUT2D eigenvalue weighted by atomic mass is 16.5. The maximum atomic E-state index is 12.4. The molecule has 1 aliphatic heterocycles. The molecule has 2 heterocycles. The Labute approximate surface area is 147 Å². The molecule has 2 aromatic rings. The van der Waals surface area contributed by atoms with Crippen molar-refractivity contribution in [1.82, 2.24) is 9.88 Å². The maximum Gasteiger partial charge on any atom is 0.321 e. The number of rotatable bonds is 3. The lowest BCUT2D eigenvalue weighted by Gasteiger charge is -2.30. The Morgan fingerprint density at radius 2 is 2.28 bits per heavy atom. The number of hydrogen-bond acceptors (Lipinski definition) is 4. The average Bonchev–Trinajstić information content (AvgIpc) is 2.63. The number of pyridine rings is 1. The fourth-order valence-corrected chi connectivity index (χ4v) is 2.84. The van der Waals surface area contributed by atoms with E-state index in [0.29, 0.717) is 28.8 Å². The summed E-state index contributed by atoms with van der Waals surface area (Å²) in [5, 5.41) is 11.7. The van der Waals surface area contributed by atoms with Gasteiger partial charge in [-0.05, 0) is 37.0 Å². The van der Waals surface area contributed by atoms with Gasteiger partial charge in [0, 0.05) is 37.1 Å². The summed E-state index contributed by atoms with van der Waals surface area (Å²) in [7, 11) is 0. The molecule has 0 bridgehead atoms. The topological polar surface area (TPSA) is 78.3 Å². The summed E-state index contributed by atoms with van der Waals surface area (Å²) >= 11 is 0. The van der Waals surface area contributed by atoms with E-state index in [-0.39, 0.29) is 6.03 Å². The van der Waals surface area contributed by atoms with Gasteiger partial charge in [-0.15, -0.1) is 0 Å². The molecule has 0 unspecified atom stereocenters. The number of nitriles is 1. The van der Waals surface area contributed by atoms with Gasteiger partial charge in [0.2, 0.25) is 5.88 Å². The molecule has 1 aromatic heterocycles. The molecule has 0 aliphatic carbocycles. The molecule has 128 valence electrons. The number of amides is 2. The van der Waals surface area contributed by atoms with Crippen LogP contribution in [0.1, 0.15) is 25.3 Å². The molecule has 6 nitrogen and oxygen atoms in total. The van der Waals surface area contributed by atoms with Crippen LogP contribution in [-0.2, 0) is 0 Å². The molecule has 1 aromatic carbocycles. The zero-order chi connectivity index (χ0) is 17.6. The van der Waals surface area contributed by atoms with Crippen LogP contribution in [0.4, 0.5) is 10.5 Å². The molecule has 1 N–H and O–H groups in total. The first-order valence-electron chi connectivity index (χ1n) is 8.34. The van der Waals surface area contributed by atoms with Crippen LogP contribution >= 0.6 is 0 Å². The summed E-state index contributed by atoms with van der Waals surface area (Å²) in [5.41, 5.74) is 1.15. The maximum absolute atomic E-state index is 12.4. The van der Waals surface area contributed by atoms with E-state index in [1.165, 1.54) is 12.6 Å². The van der Waals surface area contributed by atoms with Crippen LogP contribution in [-0.4, -0.2) is 29.0 Å². The summed E-state index contributed by atoms with van der Waals surface area (Å²) in [5.74, 6) is 1.51. The number of benzene rings is 1. The van der Waals surface area contributed by atoms with Crippen molar-refractivity contribution < 1.29 is 9.53 Å². The van der Waals surface area contributed by atoms with E-state index in [9.17, 15) is 4.79 Å². The van der Waals surface area contributed by atoms with Crippen molar-refractivity contribution in [3.63, 3.8) is 0 Å². The number of hydrogen-bond donors (Lipinski definition) is 1. The molecule has 0 spiro atoms. The summed E-state index contributed by atoms with van der Waals surface area (Å²) in [6, 6.07) is 12.4. The lowest BCUT2D eigenvalue weighted by molar-refractivity contribution is 0.182. The third kappa shape index (κ3) is 4.48. The average molecular weight is 336 g/mol. The highest BCUT2D eigenvalue weighted by molar-refractivity contribution is 5.89. The van der Waals surface area contributed by atoms with Gasteiger partial charge in [0.05, 0.1) is 5.56 Å². The first-order valence-corrected chi connectivity index (χ1v) is 8.34. The number of nitrogens with zero attached hydrogens (tertiary/aromatic N) is 3.